The molecule has 5 heteroatoms. The molecule has 1 rings (SSSR count). The third kappa shape index (κ3) is 4.29. The zero-order valence-corrected chi connectivity index (χ0v) is 9.04. The summed E-state index contributed by atoms with van der Waals surface area (Å²) in [5.41, 5.74) is 0. The van der Waals surface area contributed by atoms with Crippen molar-refractivity contribution in [2.24, 2.45) is 5.92 Å². The third-order valence-corrected chi connectivity index (χ3v) is 2.36. The van der Waals surface area contributed by atoms with Gasteiger partial charge in [0.2, 0.25) is 5.91 Å². The van der Waals surface area contributed by atoms with E-state index in [9.17, 15) is 9.59 Å². The summed E-state index contributed by atoms with van der Waals surface area (Å²) < 4.78 is 4.75. The van der Waals surface area contributed by atoms with Gasteiger partial charge in [0.15, 0.2) is 0 Å². The van der Waals surface area contributed by atoms with Crippen LogP contribution in [0.1, 0.15) is 19.8 Å². The molecule has 0 saturated carbocycles. The van der Waals surface area contributed by atoms with Gasteiger partial charge in [-0.05, 0) is 19.9 Å². The number of hydrogen-bond acceptors (Lipinski definition) is 4. The van der Waals surface area contributed by atoms with Gasteiger partial charge in [0.1, 0.15) is 0 Å². The van der Waals surface area contributed by atoms with Crippen LogP contribution in [0.25, 0.3) is 0 Å². The fraction of sp³-hybridized carbons (Fsp3) is 0.800. The second-order valence-electron chi connectivity index (χ2n) is 3.54. The Labute approximate surface area is 89.6 Å². The van der Waals surface area contributed by atoms with Crippen LogP contribution in [0.3, 0.4) is 0 Å². The maximum atomic E-state index is 11.5. The van der Waals surface area contributed by atoms with Crippen molar-refractivity contribution in [2.45, 2.75) is 19.8 Å². The van der Waals surface area contributed by atoms with Crippen molar-refractivity contribution in [2.75, 3.05) is 26.2 Å². The highest BCUT2D eigenvalue weighted by molar-refractivity contribution is 5.79. The van der Waals surface area contributed by atoms with Gasteiger partial charge in [-0.1, -0.05) is 0 Å². The minimum atomic E-state index is -0.262. The number of ether oxygens (including phenoxy) is 1. The fourth-order valence-electron chi connectivity index (χ4n) is 1.54. The Morgan fingerprint density at radius 1 is 1.53 bits per heavy atom. The van der Waals surface area contributed by atoms with E-state index in [4.69, 9.17) is 4.74 Å². The highest BCUT2D eigenvalue weighted by Gasteiger charge is 2.21. The largest absolute Gasteiger partial charge is 0.466 e. The molecule has 86 valence electrons. The topological polar surface area (TPSA) is 67.4 Å². The maximum Gasteiger partial charge on any atom is 0.307 e. The average Bonchev–Trinajstić information content (AvgIpc) is 2.70. The van der Waals surface area contributed by atoms with E-state index in [-0.39, 0.29) is 24.2 Å². The van der Waals surface area contributed by atoms with Crippen molar-refractivity contribution >= 4 is 11.9 Å². The first-order chi connectivity index (χ1) is 7.24. The van der Waals surface area contributed by atoms with Crippen molar-refractivity contribution in [3.05, 3.63) is 0 Å². The van der Waals surface area contributed by atoms with Crippen LogP contribution >= 0.6 is 0 Å². The lowest BCUT2D eigenvalue weighted by Crippen LogP contribution is -2.33. The number of nitrogens with one attached hydrogen (secondary N) is 2. The van der Waals surface area contributed by atoms with Crippen molar-refractivity contribution in [3.63, 3.8) is 0 Å². The molecule has 1 unspecified atom stereocenters. The number of rotatable bonds is 5. The van der Waals surface area contributed by atoms with Crippen LogP contribution in [0.2, 0.25) is 0 Å². The van der Waals surface area contributed by atoms with Crippen LogP contribution in [0, 0.1) is 5.92 Å². The summed E-state index contributed by atoms with van der Waals surface area (Å²) in [5.74, 6) is -0.168. The lowest BCUT2D eigenvalue weighted by molar-refractivity contribution is -0.143. The van der Waals surface area contributed by atoms with Gasteiger partial charge in [-0.2, -0.15) is 0 Å². The Hall–Kier alpha value is -1.10. The molecule has 1 aliphatic rings. The zero-order chi connectivity index (χ0) is 11.1. The van der Waals surface area contributed by atoms with Crippen LogP contribution in [0.15, 0.2) is 0 Å². The number of esters is 1. The van der Waals surface area contributed by atoms with Crippen LogP contribution in [-0.4, -0.2) is 38.1 Å². The Balaban J connectivity index is 2.08. The molecule has 5 nitrogen and oxygen atoms in total. The summed E-state index contributed by atoms with van der Waals surface area (Å²) in [7, 11) is 0. The quantitative estimate of drug-likeness (QED) is 0.615. The van der Waals surface area contributed by atoms with Gasteiger partial charge in [-0.15, -0.1) is 0 Å². The molecule has 2 N–H and O–H groups in total. The maximum absolute atomic E-state index is 11.5. The standard InChI is InChI=1S/C10H18N2O3/c1-2-15-9(13)4-6-12-10(14)8-3-5-11-7-8/h8,11H,2-7H2,1H3,(H,12,14). The molecule has 1 saturated heterocycles. The van der Waals surface area contributed by atoms with Crippen LogP contribution in [0.5, 0.6) is 0 Å². The monoisotopic (exact) mass is 214 g/mol. The van der Waals surface area contributed by atoms with E-state index in [0.29, 0.717) is 13.2 Å². The molecular formula is C10H18N2O3. The number of carbonyl (C=O) groups excluding carboxylic acids is 2. The number of hydrogen-bond donors (Lipinski definition) is 2. The molecule has 0 spiro atoms. The van der Waals surface area contributed by atoms with E-state index in [1.165, 1.54) is 0 Å². The first-order valence-electron chi connectivity index (χ1n) is 5.38. The number of carbonyl (C=O) groups is 2. The highest BCUT2D eigenvalue weighted by Crippen LogP contribution is 2.06. The minimum absolute atomic E-state index is 0.0318. The first kappa shape index (κ1) is 12.0. The van der Waals surface area contributed by atoms with Crippen LogP contribution < -0.4 is 10.6 Å². The van der Waals surface area contributed by atoms with Crippen molar-refractivity contribution < 1.29 is 14.3 Å². The lowest BCUT2D eigenvalue weighted by atomic mass is 10.1. The molecule has 15 heavy (non-hydrogen) atoms. The normalized spacial score (nSPS) is 19.9. The molecule has 0 aromatic heterocycles. The second-order valence-corrected chi connectivity index (χ2v) is 3.54. The molecule has 0 radical (unpaired) electrons. The SMILES string of the molecule is CCOC(=O)CCNC(=O)C1CCNC1. The molecule has 1 atom stereocenters. The van der Waals surface area contributed by atoms with Gasteiger partial charge in [-0.3, -0.25) is 9.59 Å². The molecule has 1 heterocycles. The summed E-state index contributed by atoms with van der Waals surface area (Å²) >= 11 is 0. The molecule has 0 aromatic carbocycles. The Morgan fingerprint density at radius 2 is 2.33 bits per heavy atom. The molecule has 1 amide bonds. The second kappa shape index (κ2) is 6.40. The van der Waals surface area contributed by atoms with Gasteiger partial charge in [0.05, 0.1) is 18.9 Å². The summed E-state index contributed by atoms with van der Waals surface area (Å²) in [6, 6.07) is 0. The van der Waals surface area contributed by atoms with Crippen molar-refractivity contribution in [3.8, 4) is 0 Å². The molecular weight excluding hydrogens is 196 g/mol. The minimum Gasteiger partial charge on any atom is -0.466 e. The van der Waals surface area contributed by atoms with E-state index in [2.05, 4.69) is 10.6 Å². The van der Waals surface area contributed by atoms with Gasteiger partial charge in [0, 0.05) is 13.1 Å². The van der Waals surface area contributed by atoms with E-state index in [1.807, 2.05) is 0 Å². The zero-order valence-electron chi connectivity index (χ0n) is 9.04. The van der Waals surface area contributed by atoms with E-state index >= 15 is 0 Å². The van der Waals surface area contributed by atoms with E-state index in [1.54, 1.807) is 6.92 Å². The van der Waals surface area contributed by atoms with Crippen molar-refractivity contribution in [1.29, 1.82) is 0 Å². The smallest absolute Gasteiger partial charge is 0.307 e. The summed E-state index contributed by atoms with van der Waals surface area (Å²) in [4.78, 5) is 22.4. The van der Waals surface area contributed by atoms with E-state index < -0.39 is 0 Å². The Bertz CT molecular complexity index is 225. The van der Waals surface area contributed by atoms with Gasteiger partial charge >= 0.3 is 5.97 Å². The van der Waals surface area contributed by atoms with Gasteiger partial charge in [-0.25, -0.2) is 0 Å². The number of amides is 1. The molecule has 0 bridgehead atoms. The average molecular weight is 214 g/mol. The molecule has 1 aliphatic heterocycles. The summed E-state index contributed by atoms with van der Waals surface area (Å²) in [5, 5.41) is 5.85. The predicted molar refractivity (Wildman–Crippen MR) is 55.2 cm³/mol. The predicted octanol–water partition coefficient (Wildman–Crippen LogP) is -0.335. The van der Waals surface area contributed by atoms with Gasteiger partial charge < -0.3 is 15.4 Å². The molecule has 0 aliphatic carbocycles. The Morgan fingerprint density at radius 3 is 2.93 bits per heavy atom. The van der Waals surface area contributed by atoms with Crippen molar-refractivity contribution in [1.82, 2.24) is 10.6 Å². The first-order valence-corrected chi connectivity index (χ1v) is 5.38. The summed E-state index contributed by atoms with van der Waals surface area (Å²) in [6.45, 7) is 4.16. The highest BCUT2D eigenvalue weighted by atomic mass is 16.5. The molecule has 1 fully saturated rings. The third-order valence-electron chi connectivity index (χ3n) is 2.36. The summed E-state index contributed by atoms with van der Waals surface area (Å²) in [6.07, 6.45) is 1.13. The van der Waals surface area contributed by atoms with E-state index in [0.717, 1.165) is 19.5 Å². The Kier molecular flexibility index (Phi) is 5.10. The molecule has 0 aromatic rings. The van der Waals surface area contributed by atoms with Crippen LogP contribution in [0.4, 0.5) is 0 Å². The fourth-order valence-corrected chi connectivity index (χ4v) is 1.54. The van der Waals surface area contributed by atoms with Crippen LogP contribution in [-0.2, 0) is 14.3 Å². The van der Waals surface area contributed by atoms with Gasteiger partial charge in [0.25, 0.3) is 0 Å². The lowest BCUT2D eigenvalue weighted by Gasteiger charge is -2.09.